The minimum absolute atomic E-state index is 0.0103. The number of carbonyl (C=O) groups is 1. The molecule has 0 heterocycles. The van der Waals surface area contributed by atoms with E-state index in [9.17, 15) is 4.79 Å². The molecule has 2 aromatic rings. The van der Waals surface area contributed by atoms with Crippen molar-refractivity contribution >= 4 is 11.6 Å². The van der Waals surface area contributed by atoms with Crippen LogP contribution in [-0.4, -0.2) is 24.4 Å². The Balaban J connectivity index is 1.86. The second kappa shape index (κ2) is 8.50. The Bertz CT molecular complexity index is 709. The van der Waals surface area contributed by atoms with E-state index < -0.39 is 0 Å². The van der Waals surface area contributed by atoms with E-state index in [1.165, 1.54) is 16.7 Å². The van der Waals surface area contributed by atoms with Crippen LogP contribution in [0.1, 0.15) is 57.2 Å². The van der Waals surface area contributed by atoms with E-state index in [1.807, 2.05) is 24.1 Å². The zero-order chi connectivity index (χ0) is 19.3. The molecule has 1 N–H and O–H groups in total. The first-order valence-electron chi connectivity index (χ1n) is 9.33. The van der Waals surface area contributed by atoms with E-state index in [-0.39, 0.29) is 11.3 Å². The normalized spacial score (nSPS) is 11.8. The molecule has 0 fully saturated rings. The smallest absolute Gasteiger partial charge is 0.238 e. The van der Waals surface area contributed by atoms with E-state index in [0.717, 1.165) is 12.2 Å². The Morgan fingerprint density at radius 3 is 2.08 bits per heavy atom. The third-order valence-electron chi connectivity index (χ3n) is 4.55. The van der Waals surface area contributed by atoms with Crippen molar-refractivity contribution in [1.82, 2.24) is 4.90 Å². The van der Waals surface area contributed by atoms with Crippen molar-refractivity contribution in [1.29, 1.82) is 0 Å². The summed E-state index contributed by atoms with van der Waals surface area (Å²) < 4.78 is 0. The van der Waals surface area contributed by atoms with Crippen LogP contribution in [0.25, 0.3) is 0 Å². The van der Waals surface area contributed by atoms with Gasteiger partial charge in [-0.3, -0.25) is 9.69 Å². The third-order valence-corrected chi connectivity index (χ3v) is 4.55. The van der Waals surface area contributed by atoms with Crippen LogP contribution >= 0.6 is 0 Å². The number of hydrogen-bond acceptors (Lipinski definition) is 2. The standard InChI is InChI=1S/C23H32N2O/c1-17(2)19-9-13-21(14-10-19)24-22(26)16-25(6)15-18-7-11-20(12-8-18)23(3,4)5/h7-14,17H,15-16H2,1-6H3,(H,24,26). The van der Waals surface area contributed by atoms with Crippen LogP contribution in [0.15, 0.2) is 48.5 Å². The fourth-order valence-corrected chi connectivity index (χ4v) is 2.87. The zero-order valence-electron chi connectivity index (χ0n) is 17.0. The van der Waals surface area contributed by atoms with Gasteiger partial charge >= 0.3 is 0 Å². The average molecular weight is 353 g/mol. The van der Waals surface area contributed by atoms with Crippen molar-refractivity contribution in [3.05, 3.63) is 65.2 Å². The van der Waals surface area contributed by atoms with Crippen molar-refractivity contribution in [2.75, 3.05) is 18.9 Å². The van der Waals surface area contributed by atoms with E-state index in [1.54, 1.807) is 0 Å². The van der Waals surface area contributed by atoms with Gasteiger partial charge < -0.3 is 5.32 Å². The lowest BCUT2D eigenvalue weighted by atomic mass is 9.87. The molecule has 0 aromatic heterocycles. The van der Waals surface area contributed by atoms with E-state index in [2.05, 4.69) is 76.3 Å². The first-order valence-corrected chi connectivity index (χ1v) is 9.33. The van der Waals surface area contributed by atoms with Crippen LogP contribution in [0, 0.1) is 0 Å². The van der Waals surface area contributed by atoms with Crippen LogP contribution in [0.2, 0.25) is 0 Å². The minimum atomic E-state index is 0.0103. The lowest BCUT2D eigenvalue weighted by Gasteiger charge is -2.20. The monoisotopic (exact) mass is 352 g/mol. The fourth-order valence-electron chi connectivity index (χ4n) is 2.87. The number of hydrogen-bond donors (Lipinski definition) is 1. The van der Waals surface area contributed by atoms with Crippen molar-refractivity contribution in [3.8, 4) is 0 Å². The number of carbonyl (C=O) groups excluding carboxylic acids is 1. The predicted molar refractivity (Wildman–Crippen MR) is 111 cm³/mol. The highest BCUT2D eigenvalue weighted by Gasteiger charge is 2.13. The highest BCUT2D eigenvalue weighted by Crippen LogP contribution is 2.22. The SMILES string of the molecule is CC(C)c1ccc(NC(=O)CN(C)Cc2ccc(C(C)(C)C)cc2)cc1. The summed E-state index contributed by atoms with van der Waals surface area (Å²) in [6, 6.07) is 16.7. The largest absolute Gasteiger partial charge is 0.325 e. The van der Waals surface area contributed by atoms with Gasteiger partial charge in [-0.2, -0.15) is 0 Å². The van der Waals surface area contributed by atoms with Crippen molar-refractivity contribution in [2.24, 2.45) is 0 Å². The number of nitrogens with zero attached hydrogens (tertiary/aromatic N) is 1. The second-order valence-corrected chi connectivity index (χ2v) is 8.44. The maximum Gasteiger partial charge on any atom is 0.238 e. The molecule has 0 aliphatic carbocycles. The minimum Gasteiger partial charge on any atom is -0.325 e. The van der Waals surface area contributed by atoms with Crippen molar-refractivity contribution < 1.29 is 4.79 Å². The van der Waals surface area contributed by atoms with Crippen LogP contribution < -0.4 is 5.32 Å². The van der Waals surface area contributed by atoms with E-state index >= 15 is 0 Å². The summed E-state index contributed by atoms with van der Waals surface area (Å²) >= 11 is 0. The molecule has 0 radical (unpaired) electrons. The van der Waals surface area contributed by atoms with Crippen LogP contribution in [0.3, 0.4) is 0 Å². The number of nitrogens with one attached hydrogen (secondary N) is 1. The average Bonchev–Trinajstić information content (AvgIpc) is 2.54. The first-order chi connectivity index (χ1) is 12.1. The molecule has 0 aliphatic rings. The molecular formula is C23H32N2O. The summed E-state index contributed by atoms with van der Waals surface area (Å²) in [4.78, 5) is 14.3. The van der Waals surface area contributed by atoms with Crippen molar-refractivity contribution in [2.45, 2.75) is 52.5 Å². The van der Waals surface area contributed by atoms with Crippen LogP contribution in [-0.2, 0) is 16.8 Å². The van der Waals surface area contributed by atoms with Gasteiger partial charge in [-0.05, 0) is 47.2 Å². The summed E-state index contributed by atoms with van der Waals surface area (Å²) in [5, 5.41) is 2.97. The highest BCUT2D eigenvalue weighted by molar-refractivity contribution is 5.92. The molecule has 0 spiro atoms. The molecule has 2 rings (SSSR count). The number of anilines is 1. The second-order valence-electron chi connectivity index (χ2n) is 8.44. The molecule has 3 nitrogen and oxygen atoms in total. The third kappa shape index (κ3) is 5.99. The Hall–Kier alpha value is -2.13. The Labute approximate surface area is 158 Å². The van der Waals surface area contributed by atoms with E-state index in [4.69, 9.17) is 0 Å². The Kier molecular flexibility index (Phi) is 6.60. The van der Waals surface area contributed by atoms with Gasteiger partial charge in [0.25, 0.3) is 0 Å². The van der Waals surface area contributed by atoms with Gasteiger partial charge in [0, 0.05) is 12.2 Å². The zero-order valence-corrected chi connectivity index (χ0v) is 17.0. The maximum atomic E-state index is 12.3. The Morgan fingerprint density at radius 2 is 1.58 bits per heavy atom. The molecule has 0 saturated carbocycles. The van der Waals surface area contributed by atoms with E-state index in [0.29, 0.717) is 12.5 Å². The number of benzene rings is 2. The molecule has 2 aromatic carbocycles. The highest BCUT2D eigenvalue weighted by atomic mass is 16.2. The molecule has 0 aliphatic heterocycles. The molecule has 26 heavy (non-hydrogen) atoms. The molecule has 0 unspecified atom stereocenters. The lowest BCUT2D eigenvalue weighted by molar-refractivity contribution is -0.117. The summed E-state index contributed by atoms with van der Waals surface area (Å²) in [6.07, 6.45) is 0. The molecule has 0 bridgehead atoms. The summed E-state index contributed by atoms with van der Waals surface area (Å²) in [7, 11) is 1.97. The van der Waals surface area contributed by atoms with Crippen molar-refractivity contribution in [3.63, 3.8) is 0 Å². The van der Waals surface area contributed by atoms with Crippen LogP contribution in [0.5, 0.6) is 0 Å². The first kappa shape index (κ1) is 20.2. The van der Waals surface area contributed by atoms with Gasteiger partial charge in [-0.25, -0.2) is 0 Å². The quantitative estimate of drug-likeness (QED) is 0.777. The van der Waals surface area contributed by atoms with Gasteiger partial charge in [0.2, 0.25) is 5.91 Å². The summed E-state index contributed by atoms with van der Waals surface area (Å²) in [6.45, 7) is 12.1. The predicted octanol–water partition coefficient (Wildman–Crippen LogP) is 5.18. The Morgan fingerprint density at radius 1 is 1.00 bits per heavy atom. The lowest BCUT2D eigenvalue weighted by Crippen LogP contribution is -2.29. The fraction of sp³-hybridized carbons (Fsp3) is 0.435. The van der Waals surface area contributed by atoms with Gasteiger partial charge in [0.05, 0.1) is 6.54 Å². The molecule has 0 atom stereocenters. The summed E-state index contributed by atoms with van der Waals surface area (Å²) in [5.74, 6) is 0.506. The number of rotatable bonds is 6. The van der Waals surface area contributed by atoms with Gasteiger partial charge in [0.15, 0.2) is 0 Å². The molecule has 140 valence electrons. The molecule has 1 amide bonds. The topological polar surface area (TPSA) is 32.3 Å². The molecule has 0 saturated heterocycles. The van der Waals surface area contributed by atoms with Gasteiger partial charge in [0.1, 0.15) is 0 Å². The van der Waals surface area contributed by atoms with Gasteiger partial charge in [-0.15, -0.1) is 0 Å². The number of likely N-dealkylation sites (N-methyl/N-ethyl adjacent to an activating group) is 1. The number of amides is 1. The summed E-state index contributed by atoms with van der Waals surface area (Å²) in [5.41, 5.74) is 4.83. The molecule has 3 heteroatoms. The van der Waals surface area contributed by atoms with Gasteiger partial charge in [-0.1, -0.05) is 71.0 Å². The molecular weight excluding hydrogens is 320 g/mol. The van der Waals surface area contributed by atoms with Crippen LogP contribution in [0.4, 0.5) is 5.69 Å². The maximum absolute atomic E-state index is 12.3.